The molecule has 3 rings (SSSR count). The molecule has 0 aliphatic heterocycles. The van der Waals surface area contributed by atoms with Gasteiger partial charge in [-0.05, 0) is 108 Å². The molecule has 0 saturated heterocycles. The van der Waals surface area contributed by atoms with Crippen molar-refractivity contribution in [2.45, 2.75) is 116 Å². The Morgan fingerprint density at radius 1 is 0.865 bits per heavy atom. The number of benzene rings is 1. The maximum atomic E-state index is 12.1. The summed E-state index contributed by atoms with van der Waals surface area (Å²) in [6, 6.07) is 8.27. The van der Waals surface area contributed by atoms with E-state index in [9.17, 15) is 4.79 Å². The molecule has 1 aromatic rings. The number of aryl methyl sites for hydroxylation is 1. The standard InChI is InChI=1S/C33H50O4/c1-3-4-5-6-9-12-33(34)37-32-23-17-29(18-24-32)28-15-21-31(22-16-28)36-26-11-8-7-10-25-35-30-19-13-27(2)14-20-30/h3,13-14,19-21,28-29,32H,1,4-12,15-18,22-26H2,2H3. The van der Waals surface area contributed by atoms with Gasteiger partial charge in [0.1, 0.15) is 11.9 Å². The lowest BCUT2D eigenvalue weighted by Crippen LogP contribution is -2.28. The second-order valence-electron chi connectivity index (χ2n) is 11.0. The van der Waals surface area contributed by atoms with Crippen molar-refractivity contribution in [3.05, 3.63) is 55.0 Å². The number of rotatable bonds is 17. The zero-order chi connectivity index (χ0) is 26.1. The number of ether oxygens (including phenoxy) is 3. The van der Waals surface area contributed by atoms with E-state index in [0.717, 1.165) is 95.0 Å². The number of hydrogen-bond acceptors (Lipinski definition) is 4. The number of allylic oxidation sites excluding steroid dienone is 2. The van der Waals surface area contributed by atoms with Crippen LogP contribution in [0.3, 0.4) is 0 Å². The number of unbranched alkanes of at least 4 members (excludes halogenated alkanes) is 7. The Kier molecular flexibility index (Phi) is 13.9. The molecule has 0 heterocycles. The molecule has 1 aromatic carbocycles. The minimum absolute atomic E-state index is 0.0000225. The first-order valence-electron chi connectivity index (χ1n) is 15.0. The Bertz CT molecular complexity index is 776. The topological polar surface area (TPSA) is 44.8 Å². The van der Waals surface area contributed by atoms with Gasteiger partial charge in [-0.15, -0.1) is 12.8 Å². The van der Waals surface area contributed by atoms with Gasteiger partial charge in [-0.1, -0.05) is 37.5 Å². The molecule has 2 aliphatic carbocycles. The first kappa shape index (κ1) is 29.5. The monoisotopic (exact) mass is 510 g/mol. The maximum absolute atomic E-state index is 12.1. The SMILES string of the molecule is [CH2+][CH-]CCCCCC(=O)OC1CCC(C2CC=C(OCCCCCCOc3ccc(C)cc3)CC2)CC1. The Morgan fingerprint density at radius 2 is 1.57 bits per heavy atom. The third-order valence-electron chi connectivity index (χ3n) is 8.00. The fourth-order valence-corrected chi connectivity index (χ4v) is 5.63. The van der Waals surface area contributed by atoms with Crippen LogP contribution >= 0.6 is 0 Å². The van der Waals surface area contributed by atoms with Crippen molar-refractivity contribution < 1.29 is 19.0 Å². The largest absolute Gasteiger partial charge is 0.498 e. The predicted octanol–water partition coefficient (Wildman–Crippen LogP) is 8.73. The van der Waals surface area contributed by atoms with E-state index in [4.69, 9.17) is 14.2 Å². The van der Waals surface area contributed by atoms with Crippen LogP contribution in [0.1, 0.15) is 108 Å². The van der Waals surface area contributed by atoms with Crippen LogP contribution in [0.25, 0.3) is 0 Å². The van der Waals surface area contributed by atoms with Crippen LogP contribution < -0.4 is 4.74 Å². The second kappa shape index (κ2) is 17.4. The summed E-state index contributed by atoms with van der Waals surface area (Å²) in [7, 11) is 0. The summed E-state index contributed by atoms with van der Waals surface area (Å²) in [6.07, 6.45) is 21.7. The highest BCUT2D eigenvalue weighted by atomic mass is 16.5. The normalized spacial score (nSPS) is 21.8. The molecule has 0 spiro atoms. The highest BCUT2D eigenvalue weighted by Gasteiger charge is 2.30. The van der Waals surface area contributed by atoms with Crippen molar-refractivity contribution in [1.82, 2.24) is 0 Å². The van der Waals surface area contributed by atoms with E-state index < -0.39 is 0 Å². The lowest BCUT2D eigenvalue weighted by molar-refractivity contribution is -0.151. The van der Waals surface area contributed by atoms with E-state index in [0.29, 0.717) is 6.42 Å². The minimum Gasteiger partial charge on any atom is -0.498 e. The van der Waals surface area contributed by atoms with Crippen LogP contribution in [0.5, 0.6) is 5.75 Å². The van der Waals surface area contributed by atoms with Crippen molar-refractivity contribution in [3.8, 4) is 5.75 Å². The number of carbonyl (C=O) groups excluding carboxylic acids is 1. The second-order valence-corrected chi connectivity index (χ2v) is 11.0. The van der Waals surface area contributed by atoms with Gasteiger partial charge in [0.05, 0.1) is 19.0 Å². The fourth-order valence-electron chi connectivity index (χ4n) is 5.63. The molecule has 2 aliphatic rings. The zero-order valence-electron chi connectivity index (χ0n) is 23.3. The van der Waals surface area contributed by atoms with Crippen LogP contribution in [-0.4, -0.2) is 25.3 Å². The molecule has 0 N–H and O–H groups in total. The smallest absolute Gasteiger partial charge is 0.306 e. The lowest BCUT2D eigenvalue weighted by atomic mass is 9.74. The summed E-state index contributed by atoms with van der Waals surface area (Å²) in [5, 5.41) is 0. The van der Waals surface area contributed by atoms with Crippen LogP contribution in [0, 0.1) is 32.1 Å². The summed E-state index contributed by atoms with van der Waals surface area (Å²) >= 11 is 0. The highest BCUT2D eigenvalue weighted by molar-refractivity contribution is 5.69. The summed E-state index contributed by atoms with van der Waals surface area (Å²) in [5.74, 6) is 3.71. The average Bonchev–Trinajstić information content (AvgIpc) is 2.92. The highest BCUT2D eigenvalue weighted by Crippen LogP contribution is 2.38. The summed E-state index contributed by atoms with van der Waals surface area (Å²) in [6.45, 7) is 7.46. The molecule has 0 amide bonds. The molecular weight excluding hydrogens is 460 g/mol. The van der Waals surface area contributed by atoms with E-state index in [1.54, 1.807) is 0 Å². The molecule has 206 valence electrons. The maximum Gasteiger partial charge on any atom is 0.306 e. The van der Waals surface area contributed by atoms with Crippen molar-refractivity contribution in [1.29, 1.82) is 0 Å². The summed E-state index contributed by atoms with van der Waals surface area (Å²) < 4.78 is 17.7. The molecule has 1 atom stereocenters. The molecule has 1 unspecified atom stereocenters. The number of hydrogen-bond donors (Lipinski definition) is 0. The van der Waals surface area contributed by atoms with E-state index in [2.05, 4.69) is 32.1 Å². The summed E-state index contributed by atoms with van der Waals surface area (Å²) in [4.78, 5) is 12.1. The predicted molar refractivity (Wildman–Crippen MR) is 151 cm³/mol. The van der Waals surface area contributed by atoms with Crippen molar-refractivity contribution >= 4 is 5.97 Å². The Morgan fingerprint density at radius 3 is 2.24 bits per heavy atom. The van der Waals surface area contributed by atoms with Gasteiger partial charge in [0.25, 0.3) is 0 Å². The van der Waals surface area contributed by atoms with Gasteiger partial charge in [-0.2, -0.15) is 0 Å². The lowest BCUT2D eigenvalue weighted by Gasteiger charge is -2.35. The minimum atomic E-state index is 0.0000225. The van der Waals surface area contributed by atoms with Gasteiger partial charge in [0.15, 0.2) is 0 Å². The van der Waals surface area contributed by atoms with E-state index in [1.165, 1.54) is 43.4 Å². The fraction of sp³-hybridized carbons (Fsp3) is 0.667. The van der Waals surface area contributed by atoms with E-state index in [1.807, 2.05) is 18.6 Å². The third kappa shape index (κ3) is 11.9. The van der Waals surface area contributed by atoms with Gasteiger partial charge in [-0.25, -0.2) is 0 Å². The van der Waals surface area contributed by atoms with Gasteiger partial charge < -0.3 is 14.2 Å². The Labute approximate surface area is 226 Å². The molecule has 1 fully saturated rings. The van der Waals surface area contributed by atoms with Crippen LogP contribution in [0.4, 0.5) is 0 Å². The molecule has 37 heavy (non-hydrogen) atoms. The van der Waals surface area contributed by atoms with E-state index in [-0.39, 0.29) is 12.1 Å². The number of esters is 1. The quantitative estimate of drug-likeness (QED) is 0.119. The van der Waals surface area contributed by atoms with Crippen LogP contribution in [0.2, 0.25) is 0 Å². The molecule has 0 radical (unpaired) electrons. The zero-order valence-corrected chi connectivity index (χ0v) is 23.3. The number of carbonyl (C=O) groups is 1. The first-order chi connectivity index (χ1) is 18.1. The average molecular weight is 511 g/mol. The molecule has 1 saturated carbocycles. The van der Waals surface area contributed by atoms with Gasteiger partial charge >= 0.3 is 5.97 Å². The Hall–Kier alpha value is -2.10. The van der Waals surface area contributed by atoms with Crippen LogP contribution in [0.15, 0.2) is 36.1 Å². The van der Waals surface area contributed by atoms with Crippen LogP contribution in [-0.2, 0) is 14.3 Å². The molecule has 0 bridgehead atoms. The molecule has 4 nitrogen and oxygen atoms in total. The van der Waals surface area contributed by atoms with Crippen molar-refractivity contribution in [2.75, 3.05) is 13.2 Å². The van der Waals surface area contributed by atoms with Gasteiger partial charge in [-0.3, -0.25) is 4.79 Å². The Balaban J connectivity index is 1.17. The molecule has 0 aromatic heterocycles. The first-order valence-corrected chi connectivity index (χ1v) is 15.0. The van der Waals surface area contributed by atoms with Crippen molar-refractivity contribution in [3.63, 3.8) is 0 Å². The van der Waals surface area contributed by atoms with Crippen molar-refractivity contribution in [2.24, 2.45) is 11.8 Å². The molecule has 4 heteroatoms. The summed E-state index contributed by atoms with van der Waals surface area (Å²) in [5.41, 5.74) is 1.26. The van der Waals surface area contributed by atoms with Gasteiger partial charge in [0, 0.05) is 12.8 Å². The van der Waals surface area contributed by atoms with E-state index >= 15 is 0 Å². The van der Waals surface area contributed by atoms with Gasteiger partial charge in [0.2, 0.25) is 0 Å². The third-order valence-corrected chi connectivity index (χ3v) is 8.00. The molecular formula is C33H50O4.